The van der Waals surface area contributed by atoms with Gasteiger partial charge in [0.2, 0.25) is 0 Å². The van der Waals surface area contributed by atoms with Crippen LogP contribution in [0.1, 0.15) is 45.8 Å². The van der Waals surface area contributed by atoms with Gasteiger partial charge in [-0.25, -0.2) is 9.97 Å². The quantitative estimate of drug-likeness (QED) is 0.938. The SMILES string of the molecule is Cc1cc(C)c(NC(=O)c2cc(N3CCCC3)nc(C)n2)c(C)c1. The van der Waals surface area contributed by atoms with E-state index in [0.29, 0.717) is 11.5 Å². The monoisotopic (exact) mass is 324 g/mol. The summed E-state index contributed by atoms with van der Waals surface area (Å²) in [6.45, 7) is 9.90. The van der Waals surface area contributed by atoms with E-state index < -0.39 is 0 Å². The average molecular weight is 324 g/mol. The molecule has 0 spiro atoms. The Morgan fingerprint density at radius 1 is 1.00 bits per heavy atom. The number of hydrogen-bond donors (Lipinski definition) is 1. The number of carbonyl (C=O) groups excluding carboxylic acids is 1. The predicted molar refractivity (Wildman–Crippen MR) is 96.8 cm³/mol. The van der Waals surface area contributed by atoms with Crippen LogP contribution in [0.15, 0.2) is 18.2 Å². The highest BCUT2D eigenvalue weighted by atomic mass is 16.1. The van der Waals surface area contributed by atoms with Crippen molar-refractivity contribution in [1.29, 1.82) is 0 Å². The van der Waals surface area contributed by atoms with Crippen LogP contribution in [0.2, 0.25) is 0 Å². The van der Waals surface area contributed by atoms with Crippen molar-refractivity contribution in [1.82, 2.24) is 9.97 Å². The third-order valence-corrected chi connectivity index (χ3v) is 4.40. The van der Waals surface area contributed by atoms with E-state index in [2.05, 4.69) is 39.2 Å². The molecule has 1 aromatic carbocycles. The first kappa shape index (κ1) is 16.4. The molecule has 1 aromatic heterocycles. The Morgan fingerprint density at radius 3 is 2.25 bits per heavy atom. The molecule has 1 fully saturated rings. The fourth-order valence-electron chi connectivity index (χ4n) is 3.33. The molecule has 24 heavy (non-hydrogen) atoms. The maximum atomic E-state index is 12.7. The zero-order chi connectivity index (χ0) is 17.3. The molecular weight excluding hydrogens is 300 g/mol. The van der Waals surface area contributed by atoms with Gasteiger partial charge in [0, 0.05) is 24.8 Å². The standard InChI is InChI=1S/C19H24N4O/c1-12-9-13(2)18(14(3)10-12)22-19(24)16-11-17(21-15(4)20-16)23-7-5-6-8-23/h9-11H,5-8H2,1-4H3,(H,22,24). The first-order valence-electron chi connectivity index (χ1n) is 8.44. The summed E-state index contributed by atoms with van der Waals surface area (Å²) in [5.41, 5.74) is 4.60. The number of aromatic nitrogens is 2. The van der Waals surface area contributed by atoms with Gasteiger partial charge in [-0.15, -0.1) is 0 Å². The van der Waals surface area contributed by atoms with Crippen molar-refractivity contribution in [3.8, 4) is 0 Å². The molecular formula is C19H24N4O. The summed E-state index contributed by atoms with van der Waals surface area (Å²) >= 11 is 0. The minimum atomic E-state index is -0.184. The van der Waals surface area contributed by atoms with Gasteiger partial charge in [-0.2, -0.15) is 0 Å². The number of benzene rings is 1. The predicted octanol–water partition coefficient (Wildman–Crippen LogP) is 3.56. The number of anilines is 2. The van der Waals surface area contributed by atoms with E-state index in [1.807, 2.05) is 20.8 Å². The Morgan fingerprint density at radius 2 is 1.62 bits per heavy atom. The summed E-state index contributed by atoms with van der Waals surface area (Å²) in [6.07, 6.45) is 2.35. The summed E-state index contributed by atoms with van der Waals surface area (Å²) in [6, 6.07) is 5.94. The largest absolute Gasteiger partial charge is 0.356 e. The van der Waals surface area contributed by atoms with E-state index in [1.54, 1.807) is 6.07 Å². The number of hydrogen-bond acceptors (Lipinski definition) is 4. The zero-order valence-corrected chi connectivity index (χ0v) is 14.8. The van der Waals surface area contributed by atoms with Crippen molar-refractivity contribution in [2.45, 2.75) is 40.5 Å². The van der Waals surface area contributed by atoms with Crippen LogP contribution in [-0.2, 0) is 0 Å². The molecule has 2 heterocycles. The summed E-state index contributed by atoms with van der Waals surface area (Å²) in [5, 5.41) is 3.02. The van der Waals surface area contributed by atoms with Crippen LogP contribution in [-0.4, -0.2) is 29.0 Å². The summed E-state index contributed by atoms with van der Waals surface area (Å²) in [5.74, 6) is 1.29. The van der Waals surface area contributed by atoms with Crippen molar-refractivity contribution in [2.75, 3.05) is 23.3 Å². The maximum Gasteiger partial charge on any atom is 0.274 e. The molecule has 0 bridgehead atoms. The number of carbonyl (C=O) groups is 1. The van der Waals surface area contributed by atoms with Crippen LogP contribution >= 0.6 is 0 Å². The fourth-order valence-corrected chi connectivity index (χ4v) is 3.33. The van der Waals surface area contributed by atoms with Gasteiger partial charge in [0.15, 0.2) is 0 Å². The Balaban J connectivity index is 1.88. The third-order valence-electron chi connectivity index (χ3n) is 4.40. The Labute approximate surface area is 143 Å². The molecule has 0 atom stereocenters. The molecule has 1 amide bonds. The maximum absolute atomic E-state index is 12.7. The normalized spacial score (nSPS) is 14.1. The third kappa shape index (κ3) is 3.40. The summed E-state index contributed by atoms with van der Waals surface area (Å²) in [7, 11) is 0. The first-order valence-corrected chi connectivity index (χ1v) is 8.44. The molecule has 3 rings (SSSR count). The Hall–Kier alpha value is -2.43. The van der Waals surface area contributed by atoms with Gasteiger partial charge in [-0.1, -0.05) is 17.7 Å². The molecule has 5 nitrogen and oxygen atoms in total. The van der Waals surface area contributed by atoms with Crippen LogP contribution in [0.3, 0.4) is 0 Å². The lowest BCUT2D eigenvalue weighted by atomic mass is 10.0. The molecule has 1 aliphatic rings. The topological polar surface area (TPSA) is 58.1 Å². The van der Waals surface area contributed by atoms with E-state index in [-0.39, 0.29) is 5.91 Å². The van der Waals surface area contributed by atoms with E-state index in [4.69, 9.17) is 0 Å². The lowest BCUT2D eigenvalue weighted by Gasteiger charge is -2.18. The van der Waals surface area contributed by atoms with Gasteiger partial charge in [0.25, 0.3) is 5.91 Å². The van der Waals surface area contributed by atoms with E-state index in [0.717, 1.165) is 35.7 Å². The molecule has 126 valence electrons. The Bertz CT molecular complexity index is 756. The number of amides is 1. The molecule has 1 saturated heterocycles. The second-order valence-corrected chi connectivity index (χ2v) is 6.58. The molecule has 0 aliphatic carbocycles. The van der Waals surface area contributed by atoms with Gasteiger partial charge < -0.3 is 10.2 Å². The first-order chi connectivity index (χ1) is 11.4. The molecule has 0 unspecified atom stereocenters. The number of aryl methyl sites for hydroxylation is 4. The fraction of sp³-hybridized carbons (Fsp3) is 0.421. The molecule has 0 saturated carbocycles. The lowest BCUT2D eigenvalue weighted by molar-refractivity contribution is 0.102. The molecule has 0 radical (unpaired) electrons. The molecule has 2 aromatic rings. The van der Waals surface area contributed by atoms with Crippen molar-refractivity contribution in [3.63, 3.8) is 0 Å². The molecule has 1 aliphatic heterocycles. The lowest BCUT2D eigenvalue weighted by Crippen LogP contribution is -2.22. The minimum Gasteiger partial charge on any atom is -0.356 e. The Kier molecular flexibility index (Phi) is 4.51. The number of rotatable bonds is 3. The average Bonchev–Trinajstić information content (AvgIpc) is 3.04. The van der Waals surface area contributed by atoms with Crippen LogP contribution in [0.4, 0.5) is 11.5 Å². The van der Waals surface area contributed by atoms with Crippen LogP contribution < -0.4 is 10.2 Å². The zero-order valence-electron chi connectivity index (χ0n) is 14.8. The highest BCUT2D eigenvalue weighted by molar-refractivity contribution is 6.04. The van der Waals surface area contributed by atoms with Gasteiger partial charge in [-0.05, 0) is 51.7 Å². The number of nitrogens with one attached hydrogen (secondary N) is 1. The molecule has 5 heteroatoms. The number of nitrogens with zero attached hydrogens (tertiary/aromatic N) is 3. The van der Waals surface area contributed by atoms with E-state index >= 15 is 0 Å². The molecule has 1 N–H and O–H groups in total. The second kappa shape index (κ2) is 6.59. The smallest absolute Gasteiger partial charge is 0.274 e. The van der Waals surface area contributed by atoms with E-state index in [1.165, 1.54) is 18.4 Å². The van der Waals surface area contributed by atoms with Crippen molar-refractivity contribution < 1.29 is 4.79 Å². The van der Waals surface area contributed by atoms with Gasteiger partial charge in [0.05, 0.1) is 0 Å². The summed E-state index contributed by atoms with van der Waals surface area (Å²) < 4.78 is 0. The van der Waals surface area contributed by atoms with E-state index in [9.17, 15) is 4.79 Å². The highest BCUT2D eigenvalue weighted by Gasteiger charge is 2.18. The minimum absolute atomic E-state index is 0.184. The second-order valence-electron chi connectivity index (χ2n) is 6.58. The van der Waals surface area contributed by atoms with Crippen molar-refractivity contribution in [2.24, 2.45) is 0 Å². The van der Waals surface area contributed by atoms with Crippen molar-refractivity contribution >= 4 is 17.4 Å². The highest BCUT2D eigenvalue weighted by Crippen LogP contribution is 2.23. The van der Waals surface area contributed by atoms with Gasteiger partial charge in [-0.3, -0.25) is 4.79 Å². The van der Waals surface area contributed by atoms with Gasteiger partial charge in [0.1, 0.15) is 17.3 Å². The van der Waals surface area contributed by atoms with Crippen LogP contribution in [0.5, 0.6) is 0 Å². The van der Waals surface area contributed by atoms with Crippen LogP contribution in [0.25, 0.3) is 0 Å². The van der Waals surface area contributed by atoms with Crippen LogP contribution in [0, 0.1) is 27.7 Å². The summed E-state index contributed by atoms with van der Waals surface area (Å²) in [4.78, 5) is 23.7. The van der Waals surface area contributed by atoms with Gasteiger partial charge >= 0.3 is 0 Å². The van der Waals surface area contributed by atoms with Crippen molar-refractivity contribution in [3.05, 3.63) is 46.4 Å².